The van der Waals surface area contributed by atoms with Crippen LogP contribution in [0, 0.1) is 22.7 Å². The van der Waals surface area contributed by atoms with Crippen molar-refractivity contribution in [3.8, 4) is 0 Å². The summed E-state index contributed by atoms with van der Waals surface area (Å²) in [6.07, 6.45) is 8.23. The first-order valence-electron chi connectivity index (χ1n) is 18.1. The highest BCUT2D eigenvalue weighted by Crippen LogP contribution is 2.39. The monoisotopic (exact) mass is 656 g/mol. The number of aliphatic hydroxyl groups is 1. The molecule has 4 saturated heterocycles. The lowest BCUT2D eigenvalue weighted by molar-refractivity contribution is -0.185. The van der Waals surface area contributed by atoms with Crippen LogP contribution in [0.1, 0.15) is 107 Å². The van der Waals surface area contributed by atoms with Gasteiger partial charge in [-0.15, -0.1) is 0 Å². The van der Waals surface area contributed by atoms with E-state index in [0.717, 1.165) is 58.0 Å². The molecule has 0 radical (unpaired) electrons. The van der Waals surface area contributed by atoms with Gasteiger partial charge in [0.15, 0.2) is 0 Å². The van der Waals surface area contributed by atoms with E-state index in [9.17, 15) is 5.11 Å². The van der Waals surface area contributed by atoms with E-state index in [1.165, 1.54) is 0 Å². The van der Waals surface area contributed by atoms with Gasteiger partial charge in [0.2, 0.25) is 0 Å². The van der Waals surface area contributed by atoms with Gasteiger partial charge in [-0.25, -0.2) is 0 Å². The van der Waals surface area contributed by atoms with E-state index in [2.05, 4.69) is 55.4 Å². The minimum Gasteiger partial charge on any atom is -0.396 e. The van der Waals surface area contributed by atoms with Crippen molar-refractivity contribution in [3.05, 3.63) is 0 Å². The van der Waals surface area contributed by atoms with Gasteiger partial charge in [0, 0.05) is 22.7 Å². The molecule has 4 aliphatic rings. The molecule has 1 N–H and O–H groups in total. The molecule has 0 unspecified atom stereocenters. The van der Waals surface area contributed by atoms with Gasteiger partial charge in [-0.1, -0.05) is 13.8 Å². The molecule has 0 aromatic carbocycles. The molecule has 9 heteroatoms. The van der Waals surface area contributed by atoms with Gasteiger partial charge in [-0.3, -0.25) is 0 Å². The zero-order valence-electron chi connectivity index (χ0n) is 30.6. The van der Waals surface area contributed by atoms with Crippen LogP contribution in [-0.4, -0.2) is 113 Å². The van der Waals surface area contributed by atoms with Gasteiger partial charge in [0.1, 0.15) is 0 Å². The summed E-state index contributed by atoms with van der Waals surface area (Å²) in [4.78, 5) is 0. The average Bonchev–Trinajstić information content (AvgIpc) is 3.02. The molecular weight excluding hydrogens is 588 g/mol. The lowest BCUT2D eigenvalue weighted by Gasteiger charge is -2.44. The summed E-state index contributed by atoms with van der Waals surface area (Å²) in [5.41, 5.74) is -1.11. The Labute approximate surface area is 280 Å². The molecule has 4 heterocycles. The van der Waals surface area contributed by atoms with Crippen LogP contribution < -0.4 is 0 Å². The smallest absolute Gasteiger partial charge is 0.0887 e. The molecule has 0 aromatic rings. The minimum atomic E-state index is -0.271. The highest BCUT2D eigenvalue weighted by molar-refractivity contribution is 4.90. The fourth-order valence-corrected chi connectivity index (χ4v) is 6.78. The SMILES string of the molecule is CC(C)OC[C@@]1(C)CC[C@H](COC[C@@]2(C)CC[C@](C)(COC[C@@]3(C)CC[C@H](COC[C@@]4(C)CC[C@](C)(CO)CO4)CO3)CO2)CO1. The highest BCUT2D eigenvalue weighted by Gasteiger charge is 2.41. The maximum Gasteiger partial charge on any atom is 0.0887 e. The number of hydrogen-bond acceptors (Lipinski definition) is 9. The van der Waals surface area contributed by atoms with E-state index in [1.54, 1.807) is 0 Å². The van der Waals surface area contributed by atoms with Crippen LogP contribution in [0.3, 0.4) is 0 Å². The highest BCUT2D eigenvalue weighted by atomic mass is 16.6. The van der Waals surface area contributed by atoms with E-state index in [4.69, 9.17) is 37.9 Å². The Morgan fingerprint density at radius 2 is 1.02 bits per heavy atom. The quantitative estimate of drug-likeness (QED) is 0.216. The molecule has 0 saturated carbocycles. The molecule has 0 aromatic heterocycles. The Hall–Kier alpha value is -0.360. The van der Waals surface area contributed by atoms with Gasteiger partial charge >= 0.3 is 0 Å². The van der Waals surface area contributed by atoms with Crippen molar-refractivity contribution < 1.29 is 43.0 Å². The van der Waals surface area contributed by atoms with Crippen molar-refractivity contribution in [2.24, 2.45) is 22.7 Å². The van der Waals surface area contributed by atoms with Crippen LogP contribution in [-0.2, 0) is 37.9 Å². The first kappa shape index (κ1) is 38.4. The lowest BCUT2D eigenvalue weighted by Crippen LogP contribution is -2.48. The summed E-state index contributed by atoms with van der Waals surface area (Å²) in [5, 5.41) is 9.60. The number of ether oxygens (including phenoxy) is 8. The second-order valence-corrected chi connectivity index (χ2v) is 17.5. The predicted molar refractivity (Wildman–Crippen MR) is 178 cm³/mol. The lowest BCUT2D eigenvalue weighted by atomic mass is 9.80. The van der Waals surface area contributed by atoms with Crippen LogP contribution in [0.25, 0.3) is 0 Å². The number of aliphatic hydroxyl groups excluding tert-OH is 1. The van der Waals surface area contributed by atoms with Gasteiger partial charge < -0.3 is 43.0 Å². The van der Waals surface area contributed by atoms with Crippen molar-refractivity contribution in [1.29, 1.82) is 0 Å². The molecule has 46 heavy (non-hydrogen) atoms. The number of rotatable bonds is 16. The van der Waals surface area contributed by atoms with Crippen molar-refractivity contribution in [1.82, 2.24) is 0 Å². The minimum absolute atomic E-state index is 0.00739. The Balaban J connectivity index is 1.06. The second kappa shape index (κ2) is 16.1. The Morgan fingerprint density at radius 3 is 1.43 bits per heavy atom. The van der Waals surface area contributed by atoms with Crippen molar-refractivity contribution >= 4 is 0 Å². The van der Waals surface area contributed by atoms with Crippen LogP contribution in [0.2, 0.25) is 0 Å². The molecule has 0 amide bonds. The molecule has 0 bridgehead atoms. The molecule has 4 fully saturated rings. The first-order valence-corrected chi connectivity index (χ1v) is 18.1. The van der Waals surface area contributed by atoms with Crippen LogP contribution >= 0.6 is 0 Å². The Bertz CT molecular complexity index is 891. The third kappa shape index (κ3) is 11.6. The Morgan fingerprint density at radius 1 is 0.565 bits per heavy atom. The normalized spacial score (nSPS) is 42.4. The molecule has 270 valence electrons. The van der Waals surface area contributed by atoms with Gasteiger partial charge in [0.05, 0.1) is 108 Å². The van der Waals surface area contributed by atoms with E-state index in [1.807, 2.05) is 0 Å². The molecule has 0 aliphatic carbocycles. The van der Waals surface area contributed by atoms with E-state index >= 15 is 0 Å². The van der Waals surface area contributed by atoms with Crippen LogP contribution in [0.4, 0.5) is 0 Å². The molecule has 4 rings (SSSR count). The molecule has 4 aliphatic heterocycles. The van der Waals surface area contributed by atoms with Crippen molar-refractivity contribution in [2.45, 2.75) is 135 Å². The first-order chi connectivity index (χ1) is 21.6. The zero-order valence-corrected chi connectivity index (χ0v) is 30.6. The van der Waals surface area contributed by atoms with Crippen LogP contribution in [0.5, 0.6) is 0 Å². The van der Waals surface area contributed by atoms with Crippen molar-refractivity contribution in [2.75, 3.05) is 79.3 Å². The van der Waals surface area contributed by atoms with Gasteiger partial charge in [-0.05, 0) is 92.9 Å². The third-order valence-electron chi connectivity index (χ3n) is 11.0. The Kier molecular flexibility index (Phi) is 13.5. The number of hydrogen-bond donors (Lipinski definition) is 1. The summed E-state index contributed by atoms with van der Waals surface area (Å²) in [7, 11) is 0. The van der Waals surface area contributed by atoms with Gasteiger partial charge in [-0.2, -0.15) is 0 Å². The van der Waals surface area contributed by atoms with Gasteiger partial charge in [0.25, 0.3) is 0 Å². The summed E-state index contributed by atoms with van der Waals surface area (Å²) < 4.78 is 49.5. The van der Waals surface area contributed by atoms with Crippen LogP contribution in [0.15, 0.2) is 0 Å². The molecule has 0 spiro atoms. The predicted octanol–water partition coefficient (Wildman–Crippen LogP) is 5.97. The second-order valence-electron chi connectivity index (χ2n) is 17.5. The molecule has 9 nitrogen and oxygen atoms in total. The molecular formula is C37H68O9. The summed E-state index contributed by atoms with van der Waals surface area (Å²) in [5.74, 6) is 0.816. The summed E-state index contributed by atoms with van der Waals surface area (Å²) >= 11 is 0. The third-order valence-corrected chi connectivity index (χ3v) is 11.0. The summed E-state index contributed by atoms with van der Waals surface area (Å²) in [6.45, 7) is 24.5. The zero-order chi connectivity index (χ0) is 33.5. The topological polar surface area (TPSA) is 94.1 Å². The fourth-order valence-electron chi connectivity index (χ4n) is 6.78. The van der Waals surface area contributed by atoms with E-state index < -0.39 is 0 Å². The summed E-state index contributed by atoms with van der Waals surface area (Å²) in [6, 6.07) is 0. The standard InChI is InChI=1S/C37H68O9/c1-29(2)42-28-35(6)12-10-31(20-44-35)18-40-26-37(8)16-14-33(4,24-46-37)22-41-27-34(5)11-9-30(19-43-34)17-39-25-36(7)15-13-32(3,21-38)23-45-36/h29-31,38H,9-28H2,1-8H3/t30-,31-,32-,33-,34-,35-,36-,37-/m1/s1. The largest absolute Gasteiger partial charge is 0.396 e. The maximum absolute atomic E-state index is 9.60. The van der Waals surface area contributed by atoms with E-state index in [-0.39, 0.29) is 45.9 Å². The van der Waals surface area contributed by atoms with E-state index in [0.29, 0.717) is 77.9 Å². The fraction of sp³-hybridized carbons (Fsp3) is 1.00. The molecule has 8 atom stereocenters. The maximum atomic E-state index is 9.60. The average molecular weight is 657 g/mol. The van der Waals surface area contributed by atoms with Crippen molar-refractivity contribution in [3.63, 3.8) is 0 Å².